The van der Waals surface area contributed by atoms with Crippen LogP contribution in [0.25, 0.3) is 11.4 Å². The molecule has 2 aromatic carbocycles. The summed E-state index contributed by atoms with van der Waals surface area (Å²) in [6.07, 6.45) is 3.44. The van der Waals surface area contributed by atoms with Gasteiger partial charge < -0.3 is 15.5 Å². The van der Waals surface area contributed by atoms with Crippen molar-refractivity contribution in [2.75, 3.05) is 43.9 Å². The minimum atomic E-state index is -0.144. The van der Waals surface area contributed by atoms with Crippen LogP contribution >= 0.6 is 0 Å². The van der Waals surface area contributed by atoms with Crippen molar-refractivity contribution in [3.63, 3.8) is 0 Å². The summed E-state index contributed by atoms with van der Waals surface area (Å²) < 4.78 is 0. The summed E-state index contributed by atoms with van der Waals surface area (Å²) in [5.41, 5.74) is 5.88. The van der Waals surface area contributed by atoms with Crippen LogP contribution in [0.5, 0.6) is 0 Å². The molecule has 8 heteroatoms. The lowest BCUT2D eigenvalue weighted by molar-refractivity contribution is 0.102. The zero-order valence-electron chi connectivity index (χ0n) is 21.2. The SMILES string of the molecule is Cc1ccc(NC(=O)c2ccc(CN3CCN(C)CC3)cc2)cc1Nc1nccc(-c2ccccn2)n1. The fourth-order valence-electron chi connectivity index (χ4n) is 4.26. The van der Waals surface area contributed by atoms with Crippen molar-refractivity contribution in [1.29, 1.82) is 0 Å². The Labute approximate surface area is 217 Å². The molecule has 0 unspecified atom stereocenters. The Kier molecular flexibility index (Phi) is 7.49. The van der Waals surface area contributed by atoms with Gasteiger partial charge in [0, 0.05) is 62.1 Å². The molecule has 1 aliphatic rings. The van der Waals surface area contributed by atoms with Gasteiger partial charge in [0.25, 0.3) is 5.91 Å². The third-order valence-corrected chi connectivity index (χ3v) is 6.54. The number of pyridine rings is 1. The van der Waals surface area contributed by atoms with Crippen LogP contribution in [0, 0.1) is 6.92 Å². The van der Waals surface area contributed by atoms with Crippen molar-refractivity contribution in [3.8, 4) is 11.4 Å². The minimum absolute atomic E-state index is 0.144. The highest BCUT2D eigenvalue weighted by Gasteiger charge is 2.14. The van der Waals surface area contributed by atoms with Gasteiger partial charge in [-0.05, 0) is 67.6 Å². The van der Waals surface area contributed by atoms with Crippen LogP contribution in [-0.2, 0) is 6.54 Å². The Morgan fingerprint density at radius 3 is 2.46 bits per heavy atom. The number of aromatic nitrogens is 3. The molecular formula is C29H31N7O. The molecule has 2 N–H and O–H groups in total. The van der Waals surface area contributed by atoms with Crippen LogP contribution in [0.4, 0.5) is 17.3 Å². The fourth-order valence-corrected chi connectivity index (χ4v) is 4.26. The van der Waals surface area contributed by atoms with Gasteiger partial charge in [0.15, 0.2) is 0 Å². The highest BCUT2D eigenvalue weighted by atomic mass is 16.1. The van der Waals surface area contributed by atoms with E-state index in [2.05, 4.69) is 42.4 Å². The molecule has 1 saturated heterocycles. The number of nitrogens with one attached hydrogen (secondary N) is 2. The van der Waals surface area contributed by atoms with E-state index < -0.39 is 0 Å². The molecule has 1 amide bonds. The first-order valence-electron chi connectivity index (χ1n) is 12.5. The fraction of sp³-hybridized carbons (Fsp3) is 0.241. The second-order valence-electron chi connectivity index (χ2n) is 9.37. The van der Waals surface area contributed by atoms with Crippen molar-refractivity contribution >= 4 is 23.2 Å². The lowest BCUT2D eigenvalue weighted by Gasteiger charge is -2.32. The van der Waals surface area contributed by atoms with E-state index in [1.807, 2.05) is 73.7 Å². The second-order valence-corrected chi connectivity index (χ2v) is 9.37. The number of likely N-dealkylation sites (N-methyl/N-ethyl adjacent to an activating group) is 1. The summed E-state index contributed by atoms with van der Waals surface area (Å²) in [6, 6.07) is 21.2. The number of anilines is 3. The molecule has 5 rings (SSSR count). The Bertz CT molecular complexity index is 1350. The number of hydrogen-bond donors (Lipinski definition) is 2. The predicted molar refractivity (Wildman–Crippen MR) is 147 cm³/mol. The summed E-state index contributed by atoms with van der Waals surface area (Å²) in [5.74, 6) is 0.319. The van der Waals surface area contributed by atoms with Gasteiger partial charge in [-0.1, -0.05) is 24.3 Å². The van der Waals surface area contributed by atoms with Crippen molar-refractivity contribution < 1.29 is 4.79 Å². The molecule has 0 saturated carbocycles. The lowest BCUT2D eigenvalue weighted by atomic mass is 10.1. The molecule has 3 heterocycles. The van der Waals surface area contributed by atoms with Crippen molar-refractivity contribution in [3.05, 3.63) is 95.8 Å². The molecule has 1 aliphatic heterocycles. The average Bonchev–Trinajstić information content (AvgIpc) is 2.93. The zero-order chi connectivity index (χ0) is 25.6. The van der Waals surface area contributed by atoms with E-state index in [1.165, 1.54) is 5.56 Å². The largest absolute Gasteiger partial charge is 0.324 e. The molecule has 0 radical (unpaired) electrons. The summed E-state index contributed by atoms with van der Waals surface area (Å²) in [5, 5.41) is 6.28. The first-order chi connectivity index (χ1) is 18.0. The standard InChI is InChI=1S/C29H31N7O/c1-21-6-11-24(19-27(21)34-29-31-14-12-26(33-29)25-5-3-4-13-30-25)32-28(37)23-9-7-22(8-10-23)20-36-17-15-35(2)16-18-36/h3-14,19H,15-18,20H2,1-2H3,(H,32,37)(H,31,33,34). The Morgan fingerprint density at radius 1 is 0.892 bits per heavy atom. The number of benzene rings is 2. The van der Waals surface area contributed by atoms with E-state index in [0.717, 1.165) is 55.4 Å². The number of hydrogen-bond acceptors (Lipinski definition) is 7. The van der Waals surface area contributed by atoms with E-state index in [1.54, 1.807) is 12.4 Å². The van der Waals surface area contributed by atoms with Gasteiger partial charge in [-0.25, -0.2) is 9.97 Å². The van der Waals surface area contributed by atoms with E-state index in [-0.39, 0.29) is 5.91 Å². The van der Waals surface area contributed by atoms with Gasteiger partial charge in [-0.3, -0.25) is 14.7 Å². The molecule has 0 spiro atoms. The van der Waals surface area contributed by atoms with Crippen molar-refractivity contribution in [2.45, 2.75) is 13.5 Å². The summed E-state index contributed by atoms with van der Waals surface area (Å²) >= 11 is 0. The van der Waals surface area contributed by atoms with E-state index >= 15 is 0 Å². The predicted octanol–water partition coefficient (Wildman–Crippen LogP) is 4.59. The number of piperazine rings is 1. The second kappa shape index (κ2) is 11.3. The highest BCUT2D eigenvalue weighted by molar-refractivity contribution is 6.04. The number of aryl methyl sites for hydroxylation is 1. The Balaban J connectivity index is 1.24. The molecule has 0 bridgehead atoms. The van der Waals surface area contributed by atoms with Crippen LogP contribution < -0.4 is 10.6 Å². The van der Waals surface area contributed by atoms with Crippen molar-refractivity contribution in [1.82, 2.24) is 24.8 Å². The maximum absolute atomic E-state index is 12.9. The first-order valence-corrected chi connectivity index (χ1v) is 12.5. The molecule has 2 aromatic heterocycles. The van der Waals surface area contributed by atoms with Crippen LogP contribution in [-0.4, -0.2) is 63.9 Å². The quantitative estimate of drug-likeness (QED) is 0.389. The van der Waals surface area contributed by atoms with Gasteiger partial charge in [-0.15, -0.1) is 0 Å². The molecule has 0 atom stereocenters. The maximum Gasteiger partial charge on any atom is 0.255 e. The average molecular weight is 494 g/mol. The van der Waals surface area contributed by atoms with E-state index in [9.17, 15) is 4.79 Å². The molecule has 0 aliphatic carbocycles. The third-order valence-electron chi connectivity index (χ3n) is 6.54. The topological polar surface area (TPSA) is 86.3 Å². The van der Waals surface area contributed by atoms with Crippen LogP contribution in [0.2, 0.25) is 0 Å². The monoisotopic (exact) mass is 493 g/mol. The van der Waals surface area contributed by atoms with Crippen LogP contribution in [0.15, 0.2) is 79.1 Å². The number of amides is 1. The normalized spacial score (nSPS) is 14.3. The number of rotatable bonds is 7. The van der Waals surface area contributed by atoms with Crippen LogP contribution in [0.1, 0.15) is 21.5 Å². The van der Waals surface area contributed by atoms with Crippen molar-refractivity contribution in [2.24, 2.45) is 0 Å². The Morgan fingerprint density at radius 2 is 1.70 bits per heavy atom. The third kappa shape index (κ3) is 6.35. The molecule has 188 valence electrons. The molecule has 4 aromatic rings. The van der Waals surface area contributed by atoms with Gasteiger partial charge in [0.2, 0.25) is 5.95 Å². The first kappa shape index (κ1) is 24.5. The summed E-state index contributed by atoms with van der Waals surface area (Å²) in [4.78, 5) is 31.0. The summed E-state index contributed by atoms with van der Waals surface area (Å²) in [6.45, 7) is 7.23. The molecular weight excluding hydrogens is 462 g/mol. The summed E-state index contributed by atoms with van der Waals surface area (Å²) in [7, 11) is 2.16. The Hall–Kier alpha value is -4.14. The van der Waals surface area contributed by atoms with E-state index in [4.69, 9.17) is 0 Å². The van der Waals surface area contributed by atoms with Gasteiger partial charge in [0.05, 0.1) is 11.4 Å². The van der Waals surface area contributed by atoms with Crippen LogP contribution in [0.3, 0.4) is 0 Å². The molecule has 37 heavy (non-hydrogen) atoms. The smallest absolute Gasteiger partial charge is 0.255 e. The molecule has 8 nitrogen and oxygen atoms in total. The maximum atomic E-state index is 12.9. The minimum Gasteiger partial charge on any atom is -0.324 e. The lowest BCUT2D eigenvalue weighted by Crippen LogP contribution is -2.43. The van der Waals surface area contributed by atoms with Gasteiger partial charge >= 0.3 is 0 Å². The highest BCUT2D eigenvalue weighted by Crippen LogP contribution is 2.24. The number of nitrogens with zero attached hydrogens (tertiary/aromatic N) is 5. The van der Waals surface area contributed by atoms with Gasteiger partial charge in [0.1, 0.15) is 0 Å². The number of carbonyl (C=O) groups excluding carboxylic acids is 1. The number of carbonyl (C=O) groups is 1. The van der Waals surface area contributed by atoms with Gasteiger partial charge in [-0.2, -0.15) is 0 Å². The zero-order valence-corrected chi connectivity index (χ0v) is 21.2. The van der Waals surface area contributed by atoms with E-state index in [0.29, 0.717) is 17.2 Å². The molecule has 1 fully saturated rings.